The van der Waals surface area contributed by atoms with Crippen LogP contribution in [0.3, 0.4) is 0 Å². The van der Waals surface area contributed by atoms with Gasteiger partial charge in [0.25, 0.3) is 0 Å². The van der Waals surface area contributed by atoms with Crippen LogP contribution in [-0.2, 0) is 9.47 Å². The molecule has 182 valence electrons. The van der Waals surface area contributed by atoms with Crippen molar-refractivity contribution in [1.29, 1.82) is 0 Å². The minimum absolute atomic E-state index is 0. The summed E-state index contributed by atoms with van der Waals surface area (Å²) in [6, 6.07) is 8.23. The molecule has 5 heteroatoms. The molecule has 0 radical (unpaired) electrons. The Hall–Kier alpha value is -1.14. The van der Waals surface area contributed by atoms with Gasteiger partial charge in [0, 0.05) is 12.6 Å². The molecule has 0 aliphatic heterocycles. The van der Waals surface area contributed by atoms with E-state index in [1.807, 2.05) is 38.1 Å². The van der Waals surface area contributed by atoms with Gasteiger partial charge in [0.05, 0.1) is 31.5 Å². The van der Waals surface area contributed by atoms with E-state index in [0.29, 0.717) is 26.4 Å². The van der Waals surface area contributed by atoms with Gasteiger partial charge in [-0.2, -0.15) is 0 Å². The SMILES string of the molecule is C.C.C.C.CCC(O)CNC(C)COC(CC)COC(C)COc1ccc(C)cc1. The fourth-order valence-corrected chi connectivity index (χ4v) is 2.27. The van der Waals surface area contributed by atoms with E-state index in [1.165, 1.54) is 5.56 Å². The molecular formula is C25H53NO4. The molecule has 0 spiro atoms. The third-order valence-electron chi connectivity index (χ3n) is 4.28. The van der Waals surface area contributed by atoms with Crippen molar-refractivity contribution >= 4 is 0 Å². The number of aliphatic hydroxyl groups is 1. The zero-order valence-electron chi connectivity index (χ0n) is 17.0. The molecular weight excluding hydrogens is 378 g/mol. The normalized spacial score (nSPS) is 13.9. The molecule has 1 rings (SSSR count). The lowest BCUT2D eigenvalue weighted by Crippen LogP contribution is -2.38. The first-order valence-corrected chi connectivity index (χ1v) is 9.78. The molecule has 5 nitrogen and oxygen atoms in total. The van der Waals surface area contributed by atoms with Crippen molar-refractivity contribution in [2.75, 3.05) is 26.4 Å². The summed E-state index contributed by atoms with van der Waals surface area (Å²) in [5.74, 6) is 0.864. The Balaban J connectivity index is -0.000000845. The molecule has 30 heavy (non-hydrogen) atoms. The van der Waals surface area contributed by atoms with E-state index in [2.05, 4.69) is 26.1 Å². The number of hydrogen-bond acceptors (Lipinski definition) is 5. The lowest BCUT2D eigenvalue weighted by molar-refractivity contribution is -0.0546. The molecule has 2 N–H and O–H groups in total. The minimum Gasteiger partial charge on any atom is -0.491 e. The summed E-state index contributed by atoms with van der Waals surface area (Å²) in [6.45, 7) is 12.5. The summed E-state index contributed by atoms with van der Waals surface area (Å²) in [7, 11) is 0. The van der Waals surface area contributed by atoms with Gasteiger partial charge in [0.1, 0.15) is 12.4 Å². The van der Waals surface area contributed by atoms with Crippen LogP contribution in [0.2, 0.25) is 0 Å². The summed E-state index contributed by atoms with van der Waals surface area (Å²) in [4.78, 5) is 0. The summed E-state index contributed by atoms with van der Waals surface area (Å²) >= 11 is 0. The highest BCUT2D eigenvalue weighted by atomic mass is 16.6. The van der Waals surface area contributed by atoms with Crippen LogP contribution < -0.4 is 10.1 Å². The fraction of sp³-hybridized carbons (Fsp3) is 0.760. The molecule has 0 aromatic heterocycles. The number of aliphatic hydroxyl groups excluding tert-OH is 1. The lowest BCUT2D eigenvalue weighted by atomic mass is 10.2. The van der Waals surface area contributed by atoms with E-state index >= 15 is 0 Å². The number of rotatable bonds is 14. The van der Waals surface area contributed by atoms with Gasteiger partial charge < -0.3 is 24.6 Å². The van der Waals surface area contributed by atoms with Crippen molar-refractivity contribution in [3.05, 3.63) is 29.8 Å². The van der Waals surface area contributed by atoms with Gasteiger partial charge in [-0.15, -0.1) is 0 Å². The van der Waals surface area contributed by atoms with Gasteiger partial charge in [-0.05, 0) is 45.7 Å². The van der Waals surface area contributed by atoms with E-state index in [0.717, 1.165) is 18.6 Å². The number of ether oxygens (including phenoxy) is 3. The predicted octanol–water partition coefficient (Wildman–Crippen LogP) is 5.87. The van der Waals surface area contributed by atoms with Crippen molar-refractivity contribution in [2.45, 2.75) is 102 Å². The molecule has 0 heterocycles. The average molecular weight is 432 g/mol. The van der Waals surface area contributed by atoms with Gasteiger partial charge >= 0.3 is 0 Å². The van der Waals surface area contributed by atoms with Crippen LogP contribution in [0.4, 0.5) is 0 Å². The van der Waals surface area contributed by atoms with E-state index < -0.39 is 0 Å². The second-order valence-corrected chi connectivity index (χ2v) is 7.00. The minimum atomic E-state index is -0.294. The Morgan fingerprint density at radius 3 is 2.00 bits per heavy atom. The van der Waals surface area contributed by atoms with Crippen LogP contribution in [0.1, 0.15) is 75.8 Å². The maximum atomic E-state index is 9.59. The van der Waals surface area contributed by atoms with Crippen LogP contribution >= 0.6 is 0 Å². The third kappa shape index (κ3) is 16.6. The van der Waals surface area contributed by atoms with Crippen LogP contribution in [0.25, 0.3) is 0 Å². The largest absolute Gasteiger partial charge is 0.491 e. The first-order chi connectivity index (χ1) is 12.4. The van der Waals surface area contributed by atoms with Crippen molar-refractivity contribution in [1.82, 2.24) is 5.32 Å². The number of aryl methyl sites for hydroxylation is 1. The highest BCUT2D eigenvalue weighted by Gasteiger charge is 2.13. The highest BCUT2D eigenvalue weighted by molar-refractivity contribution is 5.26. The van der Waals surface area contributed by atoms with Crippen LogP contribution in [0.5, 0.6) is 5.75 Å². The first-order valence-electron chi connectivity index (χ1n) is 9.78. The van der Waals surface area contributed by atoms with Crippen LogP contribution in [-0.4, -0.2) is 55.8 Å². The average Bonchev–Trinajstić information content (AvgIpc) is 2.65. The molecule has 1 aromatic rings. The molecule has 0 amide bonds. The van der Waals surface area contributed by atoms with Gasteiger partial charge in [-0.25, -0.2) is 0 Å². The van der Waals surface area contributed by atoms with Crippen LogP contribution in [0.15, 0.2) is 24.3 Å². The van der Waals surface area contributed by atoms with Gasteiger partial charge in [0.15, 0.2) is 0 Å². The molecule has 0 bridgehead atoms. The maximum Gasteiger partial charge on any atom is 0.119 e. The number of nitrogens with one attached hydrogen (secondary N) is 1. The molecule has 0 saturated heterocycles. The standard InChI is InChI=1S/C21H37NO4.4CH4/c1-6-19(23)12-22-17(4)13-25-20(7-2)15-24-18(5)14-26-21-10-8-16(3)9-11-21;;;;/h8-11,17-20,22-23H,6-7,12-15H2,1-5H3;4*1H4. The van der Waals surface area contributed by atoms with E-state index in [1.54, 1.807) is 0 Å². The maximum absolute atomic E-state index is 9.59. The number of benzene rings is 1. The van der Waals surface area contributed by atoms with Gasteiger partial charge in [-0.3, -0.25) is 0 Å². The van der Waals surface area contributed by atoms with Crippen molar-refractivity contribution in [2.24, 2.45) is 0 Å². The van der Waals surface area contributed by atoms with Crippen molar-refractivity contribution in [3.8, 4) is 5.75 Å². The topological polar surface area (TPSA) is 60.0 Å². The summed E-state index contributed by atoms with van der Waals surface area (Å²) < 4.78 is 17.6. The summed E-state index contributed by atoms with van der Waals surface area (Å²) in [6.07, 6.45) is 1.43. The van der Waals surface area contributed by atoms with E-state index in [-0.39, 0.29) is 54.1 Å². The van der Waals surface area contributed by atoms with Gasteiger partial charge in [-0.1, -0.05) is 61.3 Å². The van der Waals surface area contributed by atoms with Crippen molar-refractivity contribution in [3.63, 3.8) is 0 Å². The third-order valence-corrected chi connectivity index (χ3v) is 4.28. The predicted molar refractivity (Wildman–Crippen MR) is 133 cm³/mol. The molecule has 0 saturated carbocycles. The molecule has 0 fully saturated rings. The Bertz CT molecular complexity index is 467. The quantitative estimate of drug-likeness (QED) is 0.386. The Morgan fingerprint density at radius 2 is 1.47 bits per heavy atom. The monoisotopic (exact) mass is 431 g/mol. The first kappa shape index (κ1) is 36.2. The molecule has 1 aromatic carbocycles. The molecule has 0 aliphatic rings. The zero-order chi connectivity index (χ0) is 19.4. The van der Waals surface area contributed by atoms with E-state index in [4.69, 9.17) is 14.2 Å². The Kier molecular flexibility index (Phi) is 25.5. The molecule has 4 atom stereocenters. The van der Waals surface area contributed by atoms with Crippen molar-refractivity contribution < 1.29 is 19.3 Å². The van der Waals surface area contributed by atoms with Gasteiger partial charge in [0.2, 0.25) is 0 Å². The molecule has 4 unspecified atom stereocenters. The highest BCUT2D eigenvalue weighted by Crippen LogP contribution is 2.12. The second kappa shape index (κ2) is 21.1. The number of hydrogen-bond donors (Lipinski definition) is 2. The zero-order valence-corrected chi connectivity index (χ0v) is 17.0. The Labute approximate surface area is 188 Å². The van der Waals surface area contributed by atoms with E-state index in [9.17, 15) is 5.11 Å². The second-order valence-electron chi connectivity index (χ2n) is 7.00. The van der Waals surface area contributed by atoms with Crippen LogP contribution in [0, 0.1) is 6.92 Å². The molecule has 0 aliphatic carbocycles. The summed E-state index contributed by atoms with van der Waals surface area (Å²) in [5, 5.41) is 12.9. The smallest absolute Gasteiger partial charge is 0.119 e. The Morgan fingerprint density at radius 1 is 0.867 bits per heavy atom. The fourth-order valence-electron chi connectivity index (χ4n) is 2.27. The lowest BCUT2D eigenvalue weighted by Gasteiger charge is -2.22. The summed E-state index contributed by atoms with van der Waals surface area (Å²) in [5.41, 5.74) is 1.22.